The van der Waals surface area contributed by atoms with Gasteiger partial charge in [0.15, 0.2) is 0 Å². The molecule has 0 N–H and O–H groups in total. The fourth-order valence-corrected chi connectivity index (χ4v) is 3.61. The van der Waals surface area contributed by atoms with Crippen molar-refractivity contribution >= 4 is 37.5 Å². The van der Waals surface area contributed by atoms with E-state index in [1.54, 1.807) is 0 Å². The quantitative estimate of drug-likeness (QED) is 0.352. The first-order valence-corrected chi connectivity index (χ1v) is 7.79. The Morgan fingerprint density at radius 3 is 2.14 bits per heavy atom. The van der Waals surface area contributed by atoms with Crippen LogP contribution in [0.1, 0.15) is 0 Å². The van der Waals surface area contributed by atoms with E-state index < -0.39 is 0 Å². The Labute approximate surface area is 132 Å². The van der Waals surface area contributed by atoms with Crippen molar-refractivity contribution in [1.82, 2.24) is 0 Å². The Balaban J connectivity index is 2.15. The summed E-state index contributed by atoms with van der Waals surface area (Å²) in [6, 6.07) is 27.9. The molecule has 21 heavy (non-hydrogen) atoms. The number of rotatable bonds is 1. The normalized spacial score (nSPS) is 11.1. The van der Waals surface area contributed by atoms with Gasteiger partial charge in [-0.25, -0.2) is 0 Å². The molecule has 0 saturated heterocycles. The average Bonchev–Trinajstić information content (AvgIpc) is 2.56. The van der Waals surface area contributed by atoms with E-state index >= 15 is 0 Å². The van der Waals surface area contributed by atoms with E-state index in [1.165, 1.54) is 37.1 Å². The molecule has 0 saturated carbocycles. The molecule has 4 aromatic carbocycles. The fourth-order valence-electron chi connectivity index (χ4n) is 2.90. The third-order valence-corrected chi connectivity index (χ3v) is 4.78. The number of hydrogen-bond acceptors (Lipinski definition) is 0. The molecule has 0 spiro atoms. The summed E-state index contributed by atoms with van der Waals surface area (Å²) in [5.74, 6) is 0. The maximum atomic E-state index is 3.79. The van der Waals surface area contributed by atoms with Gasteiger partial charge in [0.25, 0.3) is 0 Å². The van der Waals surface area contributed by atoms with Gasteiger partial charge in [-0.1, -0.05) is 72.8 Å². The van der Waals surface area contributed by atoms with Crippen LogP contribution < -0.4 is 0 Å². The lowest BCUT2D eigenvalue weighted by atomic mass is 9.96. The largest absolute Gasteiger partial charge is 0.0622 e. The zero-order valence-corrected chi connectivity index (χ0v) is 13.0. The van der Waals surface area contributed by atoms with Gasteiger partial charge in [0.05, 0.1) is 0 Å². The minimum absolute atomic E-state index is 1.17. The third kappa shape index (κ3) is 2.05. The van der Waals surface area contributed by atoms with Gasteiger partial charge in [0.2, 0.25) is 0 Å². The van der Waals surface area contributed by atoms with Gasteiger partial charge in [-0.2, -0.15) is 0 Å². The smallest absolute Gasteiger partial charge is 0.0332 e. The highest BCUT2D eigenvalue weighted by Gasteiger charge is 2.09. The molecule has 0 radical (unpaired) electrons. The van der Waals surface area contributed by atoms with Gasteiger partial charge in [-0.05, 0) is 54.7 Å². The molecule has 0 aliphatic heterocycles. The predicted octanol–water partition coefficient (Wildman–Crippen LogP) is 6.42. The van der Waals surface area contributed by atoms with Crippen LogP contribution in [0.25, 0.3) is 32.7 Å². The molecule has 0 amide bonds. The van der Waals surface area contributed by atoms with Crippen LogP contribution in [0.15, 0.2) is 83.3 Å². The van der Waals surface area contributed by atoms with Crippen molar-refractivity contribution in [3.8, 4) is 11.1 Å². The van der Waals surface area contributed by atoms with Crippen LogP contribution in [0.2, 0.25) is 0 Å². The molecular formula is C20H13Br. The van der Waals surface area contributed by atoms with Gasteiger partial charge in [-0.3, -0.25) is 0 Å². The molecule has 0 nitrogen and oxygen atoms in total. The number of hydrogen-bond donors (Lipinski definition) is 0. The van der Waals surface area contributed by atoms with E-state index in [2.05, 4.69) is 94.8 Å². The van der Waals surface area contributed by atoms with Crippen molar-refractivity contribution < 1.29 is 0 Å². The molecule has 0 aliphatic carbocycles. The molecule has 0 bridgehead atoms. The summed E-state index contributed by atoms with van der Waals surface area (Å²) in [4.78, 5) is 0. The molecule has 0 heterocycles. The second-order valence-corrected chi connectivity index (χ2v) is 5.97. The monoisotopic (exact) mass is 332 g/mol. The Morgan fingerprint density at radius 2 is 1.29 bits per heavy atom. The standard InChI is InChI=1S/C20H13Br/c21-20-17-10-5-4-9-15(17)13-19-16(11-6-12-18(19)20)14-7-2-1-3-8-14/h1-13H. The topological polar surface area (TPSA) is 0 Å². The minimum Gasteiger partial charge on any atom is -0.0622 e. The molecule has 0 aromatic heterocycles. The van der Waals surface area contributed by atoms with Crippen molar-refractivity contribution in [2.75, 3.05) is 0 Å². The summed E-state index contributed by atoms with van der Waals surface area (Å²) in [6.07, 6.45) is 0. The van der Waals surface area contributed by atoms with E-state index in [0.717, 1.165) is 0 Å². The van der Waals surface area contributed by atoms with Crippen molar-refractivity contribution in [3.63, 3.8) is 0 Å². The van der Waals surface area contributed by atoms with Crippen LogP contribution in [-0.4, -0.2) is 0 Å². The van der Waals surface area contributed by atoms with Gasteiger partial charge < -0.3 is 0 Å². The molecule has 0 atom stereocenters. The van der Waals surface area contributed by atoms with Gasteiger partial charge in [-0.15, -0.1) is 0 Å². The zero-order valence-electron chi connectivity index (χ0n) is 11.4. The Bertz CT molecular complexity index is 940. The first-order valence-electron chi connectivity index (χ1n) is 7.00. The molecule has 4 aromatic rings. The molecule has 100 valence electrons. The van der Waals surface area contributed by atoms with Gasteiger partial charge in [0, 0.05) is 4.47 Å². The maximum absolute atomic E-state index is 3.79. The van der Waals surface area contributed by atoms with Gasteiger partial charge in [0.1, 0.15) is 0 Å². The van der Waals surface area contributed by atoms with Crippen LogP contribution in [0.3, 0.4) is 0 Å². The first kappa shape index (κ1) is 12.6. The summed E-state index contributed by atoms with van der Waals surface area (Å²) in [6.45, 7) is 0. The van der Waals surface area contributed by atoms with Crippen molar-refractivity contribution in [3.05, 3.63) is 83.3 Å². The summed E-state index contributed by atoms with van der Waals surface area (Å²) in [5.41, 5.74) is 2.53. The summed E-state index contributed by atoms with van der Waals surface area (Å²) < 4.78 is 1.17. The Kier molecular flexibility index (Phi) is 3.01. The average molecular weight is 333 g/mol. The molecule has 0 unspecified atom stereocenters. The fraction of sp³-hybridized carbons (Fsp3) is 0. The maximum Gasteiger partial charge on any atom is 0.0332 e. The minimum atomic E-state index is 1.17. The molecule has 1 heteroatoms. The van der Waals surface area contributed by atoms with Crippen molar-refractivity contribution in [2.24, 2.45) is 0 Å². The zero-order chi connectivity index (χ0) is 14.2. The highest BCUT2D eigenvalue weighted by atomic mass is 79.9. The van der Waals surface area contributed by atoms with E-state index in [4.69, 9.17) is 0 Å². The lowest BCUT2D eigenvalue weighted by Gasteiger charge is -2.11. The Hall–Kier alpha value is -2.12. The number of benzene rings is 4. The summed E-state index contributed by atoms with van der Waals surface area (Å²) in [7, 11) is 0. The molecule has 4 rings (SSSR count). The van der Waals surface area contributed by atoms with E-state index in [0.29, 0.717) is 0 Å². The highest BCUT2D eigenvalue weighted by molar-refractivity contribution is 9.10. The SMILES string of the molecule is Brc1c2ccccc2cc2c(-c3ccccc3)cccc12. The Morgan fingerprint density at radius 1 is 0.571 bits per heavy atom. The summed E-state index contributed by atoms with van der Waals surface area (Å²) >= 11 is 3.79. The predicted molar refractivity (Wildman–Crippen MR) is 94.6 cm³/mol. The third-order valence-electron chi connectivity index (χ3n) is 3.92. The van der Waals surface area contributed by atoms with Gasteiger partial charge >= 0.3 is 0 Å². The highest BCUT2D eigenvalue weighted by Crippen LogP contribution is 2.37. The van der Waals surface area contributed by atoms with E-state index in [1.807, 2.05) is 0 Å². The second-order valence-electron chi connectivity index (χ2n) is 5.18. The number of fused-ring (bicyclic) bond motifs is 2. The van der Waals surface area contributed by atoms with Crippen molar-refractivity contribution in [2.45, 2.75) is 0 Å². The molecule has 0 aliphatic rings. The van der Waals surface area contributed by atoms with Crippen LogP contribution in [-0.2, 0) is 0 Å². The second kappa shape index (κ2) is 5.01. The summed E-state index contributed by atoms with van der Waals surface area (Å²) in [5, 5.41) is 5.07. The van der Waals surface area contributed by atoms with Crippen LogP contribution in [0.4, 0.5) is 0 Å². The first-order chi connectivity index (χ1) is 10.3. The lowest BCUT2D eigenvalue weighted by molar-refractivity contribution is 1.65. The lowest BCUT2D eigenvalue weighted by Crippen LogP contribution is -1.84. The van der Waals surface area contributed by atoms with Crippen LogP contribution in [0.5, 0.6) is 0 Å². The van der Waals surface area contributed by atoms with Crippen LogP contribution in [0, 0.1) is 0 Å². The van der Waals surface area contributed by atoms with Crippen LogP contribution >= 0.6 is 15.9 Å². The van der Waals surface area contributed by atoms with E-state index in [9.17, 15) is 0 Å². The number of halogens is 1. The molecular weight excluding hydrogens is 320 g/mol. The van der Waals surface area contributed by atoms with E-state index in [-0.39, 0.29) is 0 Å². The van der Waals surface area contributed by atoms with Crippen molar-refractivity contribution in [1.29, 1.82) is 0 Å². The molecule has 0 fully saturated rings.